The van der Waals surface area contributed by atoms with E-state index in [9.17, 15) is 19.2 Å². The summed E-state index contributed by atoms with van der Waals surface area (Å²) in [5, 5.41) is 18.0. The Hall–Kier alpha value is -3.42. The maximum atomic E-state index is 13.0. The number of methoxy groups -OCH3 is 1. The van der Waals surface area contributed by atoms with Gasteiger partial charge in [0.1, 0.15) is 18.2 Å². The number of hydrogen-bond donors (Lipinski definition) is 7. The van der Waals surface area contributed by atoms with Gasteiger partial charge in [-0.2, -0.15) is 11.0 Å². The van der Waals surface area contributed by atoms with Gasteiger partial charge in [0, 0.05) is 45.3 Å². The van der Waals surface area contributed by atoms with Crippen LogP contribution >= 0.6 is 0 Å². The van der Waals surface area contributed by atoms with E-state index in [1.165, 1.54) is 0 Å². The number of nitrogens with zero attached hydrogens (tertiary/aromatic N) is 1. The fourth-order valence-corrected chi connectivity index (χ4v) is 4.64. The van der Waals surface area contributed by atoms with Crippen LogP contribution in [0.3, 0.4) is 0 Å². The molecule has 0 saturated carbocycles. The Morgan fingerprint density at radius 1 is 0.639 bits per heavy atom. The third-order valence-electron chi connectivity index (χ3n) is 7.96. The van der Waals surface area contributed by atoms with Crippen molar-refractivity contribution in [1.82, 2.24) is 21.3 Å². The standard InChI is InChI=1S/C36H70N8O9.C5H12O.C2H6/c1-30(12-6-10-20-42-44-38)39-18-9-7-13-31(43-33(46)15-11-19-40-32(45)14-5-8-17-37)35(48)41-21-23-50-25-27-52-29-28-51-26-24-49-22-16-34(47)53-36(2,3)4;1-5(2,3)6-4;1-2/h31,39H,1,5-29,37H2,2-4H3,(H2,38,42)(H,40,45)(H,41,48)(H,43,46);1-4H3;1-2H3/p+1. The second-order valence-electron chi connectivity index (χ2n) is 15.7. The molecule has 61 heavy (non-hydrogen) atoms. The van der Waals surface area contributed by atoms with Crippen molar-refractivity contribution in [3.8, 4) is 0 Å². The summed E-state index contributed by atoms with van der Waals surface area (Å²) in [7, 11) is 1.71. The molecular weight excluding hydrogens is 789 g/mol. The number of hydrogen-bond acceptors (Lipinski definition) is 13. The Kier molecular flexibility index (Phi) is 43.9. The first-order valence-electron chi connectivity index (χ1n) is 22.2. The summed E-state index contributed by atoms with van der Waals surface area (Å²) >= 11 is 0. The number of esters is 1. The highest BCUT2D eigenvalue weighted by Gasteiger charge is 2.20. The largest absolute Gasteiger partial charge is 0.460 e. The van der Waals surface area contributed by atoms with Gasteiger partial charge in [-0.1, -0.05) is 20.4 Å². The Balaban J connectivity index is -0.00000383. The number of nitrogens with two attached hydrogens (primary N) is 2. The maximum Gasteiger partial charge on any atom is 0.308 e. The second kappa shape index (κ2) is 43.2. The zero-order valence-electron chi connectivity index (χ0n) is 39.6. The highest BCUT2D eigenvalue weighted by atomic mass is 16.6. The summed E-state index contributed by atoms with van der Waals surface area (Å²) in [5.74, 6) is 4.21. The molecule has 0 aliphatic carbocycles. The van der Waals surface area contributed by atoms with Crippen LogP contribution in [-0.4, -0.2) is 134 Å². The van der Waals surface area contributed by atoms with Crippen LogP contribution in [0.15, 0.2) is 17.5 Å². The summed E-state index contributed by atoms with van der Waals surface area (Å²) in [6.07, 6.45) is 7.57. The molecule has 0 bridgehead atoms. The highest BCUT2D eigenvalue weighted by Crippen LogP contribution is 2.08. The molecule has 0 aromatic heterocycles. The molecule has 18 heteroatoms. The van der Waals surface area contributed by atoms with Crippen molar-refractivity contribution >= 4 is 23.7 Å². The van der Waals surface area contributed by atoms with E-state index < -0.39 is 11.6 Å². The highest BCUT2D eigenvalue weighted by molar-refractivity contribution is 5.87. The van der Waals surface area contributed by atoms with Crippen LogP contribution in [0.1, 0.15) is 132 Å². The van der Waals surface area contributed by atoms with Gasteiger partial charge in [-0.15, -0.1) is 0 Å². The predicted octanol–water partition coefficient (Wildman–Crippen LogP) is 2.72. The minimum absolute atomic E-state index is 0.0417. The van der Waals surface area contributed by atoms with Crippen LogP contribution < -0.4 is 38.0 Å². The summed E-state index contributed by atoms with van der Waals surface area (Å²) in [6.45, 7) is 25.1. The number of amides is 3. The first kappa shape index (κ1) is 61.9. The van der Waals surface area contributed by atoms with Crippen molar-refractivity contribution in [2.24, 2.45) is 16.8 Å². The molecule has 0 heterocycles. The molecule has 0 radical (unpaired) electrons. The zero-order chi connectivity index (χ0) is 46.6. The number of rotatable bonds is 36. The predicted molar refractivity (Wildman–Crippen MR) is 239 cm³/mol. The van der Waals surface area contributed by atoms with Gasteiger partial charge >= 0.3 is 5.97 Å². The Morgan fingerprint density at radius 3 is 1.74 bits per heavy atom. The van der Waals surface area contributed by atoms with E-state index in [0.717, 1.165) is 63.7 Å². The molecule has 1 unspecified atom stereocenters. The van der Waals surface area contributed by atoms with Crippen LogP contribution in [0.5, 0.6) is 0 Å². The van der Waals surface area contributed by atoms with E-state index in [0.29, 0.717) is 78.6 Å². The lowest BCUT2D eigenvalue weighted by molar-refractivity contribution is -0.535. The van der Waals surface area contributed by atoms with Crippen molar-refractivity contribution in [3.05, 3.63) is 12.3 Å². The van der Waals surface area contributed by atoms with E-state index in [4.69, 9.17) is 40.0 Å². The molecule has 0 aromatic carbocycles. The molecule has 18 nitrogen and oxygen atoms in total. The van der Waals surface area contributed by atoms with E-state index in [2.05, 4.69) is 38.2 Å². The number of ether oxygens (including phenoxy) is 6. The van der Waals surface area contributed by atoms with E-state index in [1.54, 1.807) is 7.11 Å². The van der Waals surface area contributed by atoms with Crippen molar-refractivity contribution < 1.29 is 52.7 Å². The van der Waals surface area contributed by atoms with Gasteiger partial charge in [0.25, 0.3) is 0 Å². The van der Waals surface area contributed by atoms with Crippen LogP contribution in [0, 0.1) is 0 Å². The first-order chi connectivity index (χ1) is 29.0. The molecule has 0 aliphatic rings. The number of carbonyl (C=O) groups excluding carboxylic acids is 4. The van der Waals surface area contributed by atoms with Crippen molar-refractivity contribution in [2.75, 3.05) is 92.7 Å². The van der Waals surface area contributed by atoms with Crippen molar-refractivity contribution in [2.45, 2.75) is 150 Å². The van der Waals surface area contributed by atoms with Crippen molar-refractivity contribution in [3.63, 3.8) is 0 Å². The molecule has 0 saturated heterocycles. The molecule has 360 valence electrons. The van der Waals surface area contributed by atoms with Crippen LogP contribution in [0.25, 0.3) is 0 Å². The normalized spacial score (nSPS) is 11.7. The third-order valence-corrected chi connectivity index (χ3v) is 7.96. The summed E-state index contributed by atoms with van der Waals surface area (Å²) in [5.41, 5.74) is 5.96. The second-order valence-corrected chi connectivity index (χ2v) is 15.7. The molecule has 1 atom stereocenters. The van der Waals surface area contributed by atoms with Crippen LogP contribution in [0.4, 0.5) is 0 Å². The number of carbonyl (C=O) groups is 4. The van der Waals surface area contributed by atoms with Gasteiger partial charge in [0.15, 0.2) is 0 Å². The molecular formula is C43H89N8O10+. The number of allylic oxidation sites excluding steroid dienone is 1. The molecule has 9 N–H and O–H groups in total. The topological polar surface area (TPSA) is 250 Å². The fourth-order valence-electron chi connectivity index (χ4n) is 4.64. The average Bonchev–Trinajstić information content (AvgIpc) is 3.20. The summed E-state index contributed by atoms with van der Waals surface area (Å²) in [6, 6.07) is -0.685. The van der Waals surface area contributed by atoms with E-state index in [-0.39, 0.29) is 55.3 Å². The fraction of sp³-hybridized carbons (Fsp3) is 0.860. The Bertz CT molecular complexity index is 1120. The first-order valence-corrected chi connectivity index (χ1v) is 22.2. The minimum atomic E-state index is -0.685. The summed E-state index contributed by atoms with van der Waals surface area (Å²) in [4.78, 5) is 49.2. The van der Waals surface area contributed by atoms with Crippen molar-refractivity contribution in [1.29, 1.82) is 0 Å². The molecule has 0 rings (SSSR count). The molecule has 0 fully saturated rings. The number of nitrogens with one attached hydrogen (secondary N) is 5. The van der Waals surface area contributed by atoms with Gasteiger partial charge in [-0.3, -0.25) is 19.2 Å². The van der Waals surface area contributed by atoms with Crippen LogP contribution in [-0.2, 0) is 47.6 Å². The zero-order valence-corrected chi connectivity index (χ0v) is 39.6. The molecule has 0 spiro atoms. The van der Waals surface area contributed by atoms with Gasteiger partial charge in [0.2, 0.25) is 17.7 Å². The van der Waals surface area contributed by atoms with Gasteiger partial charge in [-0.25, -0.2) is 0 Å². The summed E-state index contributed by atoms with van der Waals surface area (Å²) < 4.78 is 32.1. The lowest BCUT2D eigenvalue weighted by atomic mass is 10.1. The van der Waals surface area contributed by atoms with E-state index in [1.807, 2.05) is 55.4 Å². The molecule has 3 amide bonds. The quantitative estimate of drug-likeness (QED) is 0.0158. The van der Waals surface area contributed by atoms with Gasteiger partial charge < -0.3 is 55.4 Å². The average molecular weight is 878 g/mol. The van der Waals surface area contributed by atoms with E-state index >= 15 is 0 Å². The SMILES string of the molecule is C=C(CCCC[NH+]=NN)NCCCCC(NC(=O)CCCNC(=O)CCCCN)C(=O)NCCOCCOCCOCCOCCC(=O)OC(C)(C)C.CC.COC(C)(C)C. The maximum absolute atomic E-state index is 13.0. The minimum Gasteiger partial charge on any atom is -0.460 e. The monoisotopic (exact) mass is 878 g/mol. The number of unbranched alkanes of at least 4 members (excludes halogenated alkanes) is 3. The Labute approximate surface area is 368 Å². The van der Waals surface area contributed by atoms with Gasteiger partial charge in [0.05, 0.1) is 70.1 Å². The smallest absolute Gasteiger partial charge is 0.308 e. The van der Waals surface area contributed by atoms with Gasteiger partial charge in [-0.05, 0) is 106 Å². The van der Waals surface area contributed by atoms with Crippen LogP contribution in [0.2, 0.25) is 0 Å². The third kappa shape index (κ3) is 50.8. The molecule has 0 aromatic rings. The lowest BCUT2D eigenvalue weighted by Gasteiger charge is -2.19. The molecule has 0 aliphatic heterocycles. The lowest BCUT2D eigenvalue weighted by Crippen LogP contribution is -2.66. The Morgan fingerprint density at radius 2 is 1.18 bits per heavy atom.